The highest BCUT2D eigenvalue weighted by Crippen LogP contribution is 2.29. The molecule has 1 amide bonds. The number of thioether (sulfide) groups is 1. The summed E-state index contributed by atoms with van der Waals surface area (Å²) in [5.41, 5.74) is 3.27. The number of hydrogen-bond acceptors (Lipinski definition) is 7. The fourth-order valence-electron chi connectivity index (χ4n) is 2.95. The van der Waals surface area contributed by atoms with Crippen LogP contribution in [-0.2, 0) is 17.3 Å². The molecule has 160 valence electrons. The van der Waals surface area contributed by atoms with Crippen molar-refractivity contribution in [3.63, 3.8) is 0 Å². The SMILES string of the molecule is Cn1c(SCC(=O)Nc2nc(-c3ccc(C(C)(C)C)cc3)cs2)nnc1-c1ccco1. The van der Waals surface area contributed by atoms with Crippen molar-refractivity contribution in [3.05, 3.63) is 53.6 Å². The van der Waals surface area contributed by atoms with E-state index < -0.39 is 0 Å². The smallest absolute Gasteiger partial charge is 0.236 e. The Labute approximate surface area is 188 Å². The van der Waals surface area contributed by atoms with Crippen LogP contribution in [0.2, 0.25) is 0 Å². The molecule has 0 saturated carbocycles. The van der Waals surface area contributed by atoms with Gasteiger partial charge in [-0.05, 0) is 23.1 Å². The molecule has 0 aliphatic heterocycles. The molecule has 0 atom stereocenters. The summed E-state index contributed by atoms with van der Waals surface area (Å²) in [5, 5.41) is 14.3. The lowest BCUT2D eigenvalue weighted by Crippen LogP contribution is -2.14. The molecule has 0 fully saturated rings. The molecular weight excluding hydrogens is 430 g/mol. The Bertz CT molecular complexity index is 1170. The number of thiazole rings is 1. The van der Waals surface area contributed by atoms with Crippen LogP contribution in [0.25, 0.3) is 22.8 Å². The van der Waals surface area contributed by atoms with E-state index in [1.54, 1.807) is 16.9 Å². The number of nitrogens with zero attached hydrogens (tertiary/aromatic N) is 4. The Hall–Kier alpha value is -2.91. The number of amides is 1. The van der Waals surface area contributed by atoms with Crippen molar-refractivity contribution in [1.82, 2.24) is 19.7 Å². The van der Waals surface area contributed by atoms with E-state index in [0.29, 0.717) is 21.9 Å². The van der Waals surface area contributed by atoms with Crippen LogP contribution in [0.3, 0.4) is 0 Å². The number of furan rings is 1. The van der Waals surface area contributed by atoms with Gasteiger partial charge in [-0.1, -0.05) is 56.8 Å². The average Bonchev–Trinajstić information content (AvgIpc) is 3.47. The summed E-state index contributed by atoms with van der Waals surface area (Å²) in [7, 11) is 1.84. The molecule has 3 aromatic heterocycles. The Kier molecular flexibility index (Phi) is 5.97. The first-order valence-corrected chi connectivity index (χ1v) is 11.6. The summed E-state index contributed by atoms with van der Waals surface area (Å²) in [6.45, 7) is 6.57. The molecular formula is C22H23N5O2S2. The lowest BCUT2D eigenvalue weighted by atomic mass is 9.86. The Balaban J connectivity index is 1.35. The molecule has 9 heteroatoms. The molecule has 0 bridgehead atoms. The quantitative estimate of drug-likeness (QED) is 0.403. The van der Waals surface area contributed by atoms with Gasteiger partial charge >= 0.3 is 0 Å². The number of carbonyl (C=O) groups excluding carboxylic acids is 1. The average molecular weight is 454 g/mol. The fraction of sp³-hybridized carbons (Fsp3) is 0.273. The topological polar surface area (TPSA) is 85.8 Å². The zero-order chi connectivity index (χ0) is 22.0. The van der Waals surface area contributed by atoms with Gasteiger partial charge < -0.3 is 14.3 Å². The van der Waals surface area contributed by atoms with Crippen LogP contribution < -0.4 is 5.32 Å². The molecule has 0 unspecified atom stereocenters. The molecule has 0 spiro atoms. The first kappa shape index (κ1) is 21.3. The number of benzene rings is 1. The first-order valence-electron chi connectivity index (χ1n) is 9.73. The van der Waals surface area contributed by atoms with E-state index in [1.165, 1.54) is 28.7 Å². The third-order valence-electron chi connectivity index (χ3n) is 4.71. The molecule has 1 N–H and O–H groups in total. The monoisotopic (exact) mass is 453 g/mol. The second-order valence-corrected chi connectivity index (χ2v) is 9.85. The highest BCUT2D eigenvalue weighted by Gasteiger charge is 2.16. The van der Waals surface area contributed by atoms with Crippen LogP contribution in [-0.4, -0.2) is 31.4 Å². The van der Waals surface area contributed by atoms with Crippen LogP contribution in [0, 0.1) is 0 Å². The van der Waals surface area contributed by atoms with Crippen molar-refractivity contribution in [2.24, 2.45) is 7.05 Å². The van der Waals surface area contributed by atoms with Gasteiger partial charge in [-0.2, -0.15) is 0 Å². The van der Waals surface area contributed by atoms with Crippen molar-refractivity contribution >= 4 is 34.1 Å². The standard InChI is InChI=1S/C22H23N5O2S2/c1-22(2,3)15-9-7-14(8-10-15)16-12-30-20(23-16)24-18(28)13-31-21-26-25-19(27(21)4)17-6-5-11-29-17/h5-12H,13H2,1-4H3,(H,23,24,28). The molecule has 0 saturated heterocycles. The minimum atomic E-state index is -0.142. The fourth-order valence-corrected chi connectivity index (χ4v) is 4.40. The van der Waals surface area contributed by atoms with Crippen LogP contribution in [0.15, 0.2) is 57.6 Å². The summed E-state index contributed by atoms with van der Waals surface area (Å²) in [6, 6.07) is 12.0. The molecule has 0 radical (unpaired) electrons. The Morgan fingerprint density at radius 2 is 1.97 bits per heavy atom. The molecule has 7 nitrogen and oxygen atoms in total. The summed E-state index contributed by atoms with van der Waals surface area (Å²) in [4.78, 5) is 16.9. The minimum Gasteiger partial charge on any atom is -0.461 e. The first-order chi connectivity index (χ1) is 14.8. The number of rotatable bonds is 6. The molecule has 31 heavy (non-hydrogen) atoms. The van der Waals surface area contributed by atoms with Gasteiger partial charge in [-0.3, -0.25) is 4.79 Å². The van der Waals surface area contributed by atoms with Crippen LogP contribution in [0.4, 0.5) is 5.13 Å². The second-order valence-electron chi connectivity index (χ2n) is 8.04. The van der Waals surface area contributed by atoms with Crippen molar-refractivity contribution in [1.29, 1.82) is 0 Å². The Morgan fingerprint density at radius 1 is 1.19 bits per heavy atom. The summed E-state index contributed by atoms with van der Waals surface area (Å²) < 4.78 is 7.17. The molecule has 4 aromatic rings. The lowest BCUT2D eigenvalue weighted by Gasteiger charge is -2.18. The lowest BCUT2D eigenvalue weighted by molar-refractivity contribution is -0.113. The highest BCUT2D eigenvalue weighted by molar-refractivity contribution is 7.99. The van der Waals surface area contributed by atoms with E-state index in [2.05, 4.69) is 65.5 Å². The predicted octanol–water partition coefficient (Wildman–Crippen LogP) is 5.23. The van der Waals surface area contributed by atoms with Gasteiger partial charge in [0.25, 0.3) is 0 Å². The van der Waals surface area contributed by atoms with Crippen molar-refractivity contribution in [2.45, 2.75) is 31.3 Å². The second kappa shape index (κ2) is 8.68. The van der Waals surface area contributed by atoms with E-state index in [9.17, 15) is 4.79 Å². The van der Waals surface area contributed by atoms with Gasteiger partial charge in [-0.25, -0.2) is 4.98 Å². The normalized spacial score (nSPS) is 11.6. The predicted molar refractivity (Wildman–Crippen MR) is 124 cm³/mol. The van der Waals surface area contributed by atoms with Gasteiger partial charge in [0.1, 0.15) is 0 Å². The van der Waals surface area contributed by atoms with Gasteiger partial charge in [0.15, 0.2) is 21.9 Å². The highest BCUT2D eigenvalue weighted by atomic mass is 32.2. The molecule has 0 aliphatic rings. The van der Waals surface area contributed by atoms with Crippen LogP contribution in [0.1, 0.15) is 26.3 Å². The third kappa shape index (κ3) is 4.88. The van der Waals surface area contributed by atoms with E-state index in [-0.39, 0.29) is 17.1 Å². The van der Waals surface area contributed by atoms with Crippen molar-refractivity contribution < 1.29 is 9.21 Å². The maximum Gasteiger partial charge on any atom is 0.236 e. The zero-order valence-electron chi connectivity index (χ0n) is 17.7. The van der Waals surface area contributed by atoms with E-state index in [1.807, 2.05) is 18.5 Å². The maximum atomic E-state index is 12.4. The number of carbonyl (C=O) groups is 1. The maximum absolute atomic E-state index is 12.4. The van der Waals surface area contributed by atoms with E-state index in [4.69, 9.17) is 4.42 Å². The number of anilines is 1. The van der Waals surface area contributed by atoms with Crippen molar-refractivity contribution in [2.75, 3.05) is 11.1 Å². The summed E-state index contributed by atoms with van der Waals surface area (Å²) in [6.07, 6.45) is 1.59. The number of nitrogens with one attached hydrogen (secondary N) is 1. The molecule has 0 aliphatic carbocycles. The molecule has 3 heterocycles. The Morgan fingerprint density at radius 3 is 2.65 bits per heavy atom. The largest absolute Gasteiger partial charge is 0.461 e. The molecule has 4 rings (SSSR count). The van der Waals surface area contributed by atoms with Gasteiger partial charge in [-0.15, -0.1) is 21.5 Å². The van der Waals surface area contributed by atoms with Crippen LogP contribution in [0.5, 0.6) is 0 Å². The number of aromatic nitrogens is 4. The van der Waals surface area contributed by atoms with E-state index in [0.717, 1.165) is 11.3 Å². The molecule has 1 aromatic carbocycles. The van der Waals surface area contributed by atoms with Crippen molar-refractivity contribution in [3.8, 4) is 22.8 Å². The summed E-state index contributed by atoms with van der Waals surface area (Å²) >= 11 is 2.72. The van der Waals surface area contributed by atoms with Gasteiger partial charge in [0.05, 0.1) is 17.7 Å². The zero-order valence-corrected chi connectivity index (χ0v) is 19.4. The summed E-state index contributed by atoms with van der Waals surface area (Å²) in [5.74, 6) is 1.32. The minimum absolute atomic E-state index is 0.110. The van der Waals surface area contributed by atoms with Crippen LogP contribution >= 0.6 is 23.1 Å². The van der Waals surface area contributed by atoms with Gasteiger partial charge in [0, 0.05) is 18.0 Å². The van der Waals surface area contributed by atoms with Gasteiger partial charge in [0.2, 0.25) is 5.91 Å². The third-order valence-corrected chi connectivity index (χ3v) is 6.48. The van der Waals surface area contributed by atoms with E-state index >= 15 is 0 Å². The number of hydrogen-bond donors (Lipinski definition) is 1.